The summed E-state index contributed by atoms with van der Waals surface area (Å²) in [6.07, 6.45) is 0. The van der Waals surface area contributed by atoms with E-state index >= 15 is 0 Å². The molecule has 0 aliphatic carbocycles. The van der Waals surface area contributed by atoms with Crippen LogP contribution in [0.5, 0.6) is 0 Å². The van der Waals surface area contributed by atoms with E-state index in [4.69, 9.17) is 14.2 Å². The summed E-state index contributed by atoms with van der Waals surface area (Å²) in [6.45, 7) is 1.73. The van der Waals surface area contributed by atoms with Gasteiger partial charge in [0.25, 0.3) is 0 Å². The Balaban J connectivity index is 1.75. The van der Waals surface area contributed by atoms with Crippen LogP contribution in [-0.4, -0.2) is 25.6 Å². The number of aryl methyl sites for hydroxylation is 1. The lowest BCUT2D eigenvalue weighted by atomic mass is 10.1. The summed E-state index contributed by atoms with van der Waals surface area (Å²) >= 11 is 0. The van der Waals surface area contributed by atoms with Gasteiger partial charge in [0.2, 0.25) is 0 Å². The number of nitrogens with zero attached hydrogens (tertiary/aromatic N) is 2. The number of carbonyl (C=O) groups is 1. The van der Waals surface area contributed by atoms with E-state index in [0.717, 1.165) is 0 Å². The van der Waals surface area contributed by atoms with Gasteiger partial charge in [-0.1, -0.05) is 10.3 Å². The van der Waals surface area contributed by atoms with Crippen molar-refractivity contribution in [2.75, 3.05) is 4.72 Å². The highest BCUT2D eigenvalue weighted by Crippen LogP contribution is 2.22. The van der Waals surface area contributed by atoms with Gasteiger partial charge < -0.3 is 14.2 Å². The molecule has 0 aliphatic heterocycles. The molecule has 9 heteroatoms. The zero-order valence-corrected chi connectivity index (χ0v) is 12.7. The number of aromatic carboxylic acids is 1. The van der Waals surface area contributed by atoms with E-state index in [1.54, 1.807) is 37.3 Å². The molecule has 0 saturated carbocycles. The van der Waals surface area contributed by atoms with Crippen LogP contribution in [0.1, 0.15) is 16.2 Å². The third-order valence-corrected chi connectivity index (χ3v) is 4.00. The van der Waals surface area contributed by atoms with Crippen molar-refractivity contribution in [3.05, 3.63) is 47.9 Å². The third kappa shape index (κ3) is 3.29. The summed E-state index contributed by atoms with van der Waals surface area (Å²) in [4.78, 5) is 11.3. The minimum absolute atomic E-state index is 0.171. The Morgan fingerprint density at radius 1 is 1.17 bits per heavy atom. The molecule has 3 aromatic rings. The van der Waals surface area contributed by atoms with Crippen molar-refractivity contribution in [3.8, 4) is 11.3 Å². The standard InChI is InChI=1S/C14H11N3O5S/c1-8-6-13(16-21-8)17-23(20)10-4-2-9(3-5-10)12-7-11(14(18)19)15-22-12/h2-7H,1H3,(H,16,17)(H,18,19). The normalized spacial score (nSPS) is 12.0. The Bertz CT molecular complexity index is 869. The second kappa shape index (κ2) is 6.05. The van der Waals surface area contributed by atoms with Crippen molar-refractivity contribution in [2.45, 2.75) is 11.8 Å². The van der Waals surface area contributed by atoms with E-state index < -0.39 is 17.0 Å². The molecule has 0 bridgehead atoms. The lowest BCUT2D eigenvalue weighted by molar-refractivity contribution is 0.0686. The van der Waals surface area contributed by atoms with E-state index in [9.17, 15) is 9.00 Å². The van der Waals surface area contributed by atoms with E-state index in [-0.39, 0.29) is 5.69 Å². The second-order valence-corrected chi connectivity index (χ2v) is 5.81. The summed E-state index contributed by atoms with van der Waals surface area (Å²) in [5, 5.41) is 16.0. The van der Waals surface area contributed by atoms with E-state index in [1.165, 1.54) is 6.07 Å². The van der Waals surface area contributed by atoms with Crippen LogP contribution >= 0.6 is 0 Å². The van der Waals surface area contributed by atoms with E-state index in [1.807, 2.05) is 0 Å². The molecular formula is C14H11N3O5S. The molecule has 0 fully saturated rings. The van der Waals surface area contributed by atoms with Crippen LogP contribution in [0.25, 0.3) is 11.3 Å². The van der Waals surface area contributed by atoms with Gasteiger partial charge >= 0.3 is 5.97 Å². The maximum Gasteiger partial charge on any atom is 0.358 e. The lowest BCUT2D eigenvalue weighted by Gasteiger charge is -2.03. The van der Waals surface area contributed by atoms with E-state index in [0.29, 0.717) is 27.8 Å². The zero-order chi connectivity index (χ0) is 16.4. The smallest absolute Gasteiger partial charge is 0.358 e. The first-order valence-corrected chi connectivity index (χ1v) is 7.60. The van der Waals surface area contributed by atoms with Gasteiger partial charge in [0.1, 0.15) is 5.76 Å². The lowest BCUT2D eigenvalue weighted by Crippen LogP contribution is -2.04. The SMILES string of the molecule is Cc1cc(NS(=O)c2ccc(-c3cc(C(=O)O)no3)cc2)no1. The van der Waals surface area contributed by atoms with Gasteiger partial charge in [-0.2, -0.15) is 0 Å². The van der Waals surface area contributed by atoms with Crippen LogP contribution in [0.4, 0.5) is 5.82 Å². The van der Waals surface area contributed by atoms with Crippen LogP contribution in [0.3, 0.4) is 0 Å². The molecule has 2 aromatic heterocycles. The average molecular weight is 333 g/mol. The molecule has 118 valence electrons. The summed E-state index contributed by atoms with van der Waals surface area (Å²) in [6, 6.07) is 9.55. The van der Waals surface area contributed by atoms with Crippen LogP contribution in [0, 0.1) is 6.92 Å². The molecule has 0 aliphatic rings. The Morgan fingerprint density at radius 3 is 2.48 bits per heavy atom. The van der Waals surface area contributed by atoms with Crippen LogP contribution in [0.2, 0.25) is 0 Å². The largest absolute Gasteiger partial charge is 0.476 e. The number of rotatable bonds is 5. The van der Waals surface area contributed by atoms with Crippen molar-refractivity contribution < 1.29 is 23.2 Å². The van der Waals surface area contributed by atoms with Crippen LogP contribution in [-0.2, 0) is 11.0 Å². The molecule has 8 nitrogen and oxygen atoms in total. The maximum atomic E-state index is 12.2. The zero-order valence-electron chi connectivity index (χ0n) is 11.8. The number of carboxylic acid groups (broad SMARTS) is 1. The second-order valence-electron chi connectivity index (χ2n) is 4.60. The van der Waals surface area contributed by atoms with Gasteiger partial charge in [-0.05, 0) is 31.2 Å². The number of hydrogen-bond acceptors (Lipinski definition) is 6. The highest BCUT2D eigenvalue weighted by molar-refractivity contribution is 7.86. The Kier molecular flexibility index (Phi) is 3.94. The molecule has 3 rings (SSSR count). The van der Waals surface area contributed by atoms with Crippen molar-refractivity contribution in [3.63, 3.8) is 0 Å². The predicted molar refractivity (Wildman–Crippen MR) is 80.2 cm³/mol. The quantitative estimate of drug-likeness (QED) is 0.736. The molecular weight excluding hydrogens is 322 g/mol. The molecule has 0 amide bonds. The summed E-state index contributed by atoms with van der Waals surface area (Å²) in [7, 11) is -1.50. The van der Waals surface area contributed by atoms with Gasteiger partial charge in [0.15, 0.2) is 28.3 Å². The molecule has 2 heterocycles. The Hall–Kier alpha value is -2.94. The maximum absolute atomic E-state index is 12.2. The number of aromatic nitrogens is 2. The first-order valence-electron chi connectivity index (χ1n) is 6.45. The first-order chi connectivity index (χ1) is 11.0. The highest BCUT2D eigenvalue weighted by Gasteiger charge is 2.13. The molecule has 2 N–H and O–H groups in total. The number of anilines is 1. The predicted octanol–water partition coefficient (Wildman–Crippen LogP) is 2.47. The summed E-state index contributed by atoms with van der Waals surface area (Å²) in [5.41, 5.74) is 0.457. The van der Waals surface area contributed by atoms with Crippen LogP contribution < -0.4 is 4.72 Å². The number of hydrogen-bond donors (Lipinski definition) is 2. The third-order valence-electron chi connectivity index (χ3n) is 2.91. The van der Waals surface area contributed by atoms with Crippen LogP contribution in [0.15, 0.2) is 50.3 Å². The van der Waals surface area contributed by atoms with Crippen molar-refractivity contribution in [1.29, 1.82) is 0 Å². The van der Waals surface area contributed by atoms with Gasteiger partial charge in [-0.15, -0.1) is 0 Å². The molecule has 0 saturated heterocycles. The highest BCUT2D eigenvalue weighted by atomic mass is 32.2. The minimum atomic E-state index is -1.50. The molecule has 0 spiro atoms. The monoisotopic (exact) mass is 333 g/mol. The minimum Gasteiger partial charge on any atom is -0.476 e. The molecule has 1 aromatic carbocycles. The molecule has 1 atom stereocenters. The fourth-order valence-electron chi connectivity index (χ4n) is 1.82. The van der Waals surface area contributed by atoms with Gasteiger partial charge in [-0.3, -0.25) is 4.72 Å². The Morgan fingerprint density at radius 2 is 1.91 bits per heavy atom. The van der Waals surface area contributed by atoms with Crippen molar-refractivity contribution in [2.24, 2.45) is 0 Å². The molecule has 1 unspecified atom stereocenters. The van der Waals surface area contributed by atoms with Gasteiger partial charge in [-0.25, -0.2) is 9.00 Å². The Labute approximate surface area is 132 Å². The van der Waals surface area contributed by atoms with Gasteiger partial charge in [0.05, 0.1) is 4.90 Å². The number of carboxylic acids is 1. The fourth-order valence-corrected chi connectivity index (χ4v) is 2.61. The van der Waals surface area contributed by atoms with Gasteiger partial charge in [0, 0.05) is 17.7 Å². The number of nitrogens with one attached hydrogen (secondary N) is 1. The van der Waals surface area contributed by atoms with Crippen molar-refractivity contribution >= 4 is 22.8 Å². The average Bonchev–Trinajstić information content (AvgIpc) is 3.17. The summed E-state index contributed by atoms with van der Waals surface area (Å²) < 4.78 is 24.7. The topological polar surface area (TPSA) is 118 Å². The van der Waals surface area contributed by atoms with E-state index in [2.05, 4.69) is 15.0 Å². The first kappa shape index (κ1) is 15.0. The molecule has 0 radical (unpaired) electrons. The van der Waals surface area contributed by atoms with Crippen molar-refractivity contribution in [1.82, 2.24) is 10.3 Å². The number of benzene rings is 1. The fraction of sp³-hybridized carbons (Fsp3) is 0.0714. The molecule has 23 heavy (non-hydrogen) atoms. The summed E-state index contributed by atoms with van der Waals surface area (Å²) in [5.74, 6) is 0.148.